The van der Waals surface area contributed by atoms with Gasteiger partial charge in [0.1, 0.15) is 5.01 Å². The molecule has 4 rings (SSSR count). The highest BCUT2D eigenvalue weighted by atomic mass is 32.1. The minimum atomic E-state index is -0.0832. The minimum absolute atomic E-state index is 0.0832. The van der Waals surface area contributed by atoms with E-state index in [1.165, 1.54) is 34.6 Å². The monoisotopic (exact) mass is 341 g/mol. The number of benzene rings is 1. The lowest BCUT2D eigenvalue weighted by Gasteiger charge is -2.08. The summed E-state index contributed by atoms with van der Waals surface area (Å²) in [6.45, 7) is 0. The maximum absolute atomic E-state index is 12.4. The van der Waals surface area contributed by atoms with Crippen LogP contribution in [0.2, 0.25) is 0 Å². The highest BCUT2D eigenvalue weighted by molar-refractivity contribution is 7.19. The minimum Gasteiger partial charge on any atom is -0.296 e. The third-order valence-corrected chi connectivity index (χ3v) is 6.01. The Kier molecular flexibility index (Phi) is 3.93. The molecule has 1 aromatic carbocycles. The van der Waals surface area contributed by atoms with Gasteiger partial charge < -0.3 is 0 Å². The van der Waals surface area contributed by atoms with Crippen molar-refractivity contribution in [2.45, 2.75) is 25.7 Å². The third-order valence-electron chi connectivity index (χ3n) is 3.89. The molecule has 0 atom stereocenters. The van der Waals surface area contributed by atoms with Crippen LogP contribution >= 0.6 is 22.7 Å². The first-order chi connectivity index (χ1) is 11.3. The first kappa shape index (κ1) is 14.5. The van der Waals surface area contributed by atoms with E-state index in [1.54, 1.807) is 11.3 Å². The quantitative estimate of drug-likeness (QED) is 0.768. The predicted octanol–water partition coefficient (Wildman–Crippen LogP) is 4.40. The van der Waals surface area contributed by atoms with Crippen LogP contribution in [0.15, 0.2) is 36.4 Å². The highest BCUT2D eigenvalue weighted by Crippen LogP contribution is 2.31. The second kappa shape index (κ2) is 6.22. The van der Waals surface area contributed by atoms with Crippen molar-refractivity contribution in [3.8, 4) is 10.6 Å². The summed E-state index contributed by atoms with van der Waals surface area (Å²) in [5, 5.41) is 12.5. The molecule has 0 radical (unpaired) electrons. The van der Waals surface area contributed by atoms with Crippen LogP contribution in [-0.2, 0) is 12.8 Å². The number of amides is 1. The second-order valence-corrected chi connectivity index (χ2v) is 7.61. The molecule has 2 heterocycles. The zero-order valence-electron chi connectivity index (χ0n) is 12.4. The molecule has 6 heteroatoms. The van der Waals surface area contributed by atoms with Crippen molar-refractivity contribution in [2.24, 2.45) is 0 Å². The lowest BCUT2D eigenvalue weighted by atomic mass is 9.99. The Morgan fingerprint density at radius 2 is 1.87 bits per heavy atom. The molecule has 2 aromatic heterocycles. The number of aromatic nitrogens is 2. The van der Waals surface area contributed by atoms with E-state index in [0.29, 0.717) is 5.13 Å². The summed E-state index contributed by atoms with van der Waals surface area (Å²) in [5.74, 6) is -0.0832. The molecule has 0 fully saturated rings. The number of carbonyl (C=O) groups excluding carboxylic acids is 1. The number of aryl methyl sites for hydroxylation is 2. The van der Waals surface area contributed by atoms with Crippen LogP contribution in [0, 0.1) is 0 Å². The molecule has 4 nitrogen and oxygen atoms in total. The highest BCUT2D eigenvalue weighted by Gasteiger charge is 2.18. The van der Waals surface area contributed by atoms with Crippen molar-refractivity contribution in [2.75, 3.05) is 5.32 Å². The molecule has 0 saturated carbocycles. The molecule has 23 heavy (non-hydrogen) atoms. The molecule has 1 N–H and O–H groups in total. The Bertz CT molecular complexity index is 815. The average Bonchev–Trinajstić information content (AvgIpc) is 3.22. The van der Waals surface area contributed by atoms with Gasteiger partial charge in [0.2, 0.25) is 5.13 Å². The Labute approximate surface area is 142 Å². The summed E-state index contributed by atoms with van der Waals surface area (Å²) in [6.07, 6.45) is 4.65. The second-order valence-electron chi connectivity index (χ2n) is 5.50. The fraction of sp³-hybridized carbons (Fsp3) is 0.235. The number of nitrogens with zero attached hydrogens (tertiary/aromatic N) is 2. The Morgan fingerprint density at radius 3 is 2.70 bits per heavy atom. The standard InChI is InChI=1S/C17H15N3OS2/c21-15(14-10-12-8-4-5-9-13(12)22-14)18-17-20-19-16(23-17)11-6-2-1-3-7-11/h1-3,6-7,10H,4-5,8-9H2,(H,18,20,21). The van der Waals surface area contributed by atoms with Gasteiger partial charge in [-0.1, -0.05) is 41.7 Å². The molecular formula is C17H15N3OS2. The van der Waals surface area contributed by atoms with E-state index in [0.717, 1.165) is 28.3 Å². The summed E-state index contributed by atoms with van der Waals surface area (Å²) in [7, 11) is 0. The van der Waals surface area contributed by atoms with Gasteiger partial charge in [0.15, 0.2) is 0 Å². The fourth-order valence-corrected chi connectivity index (χ4v) is 4.63. The predicted molar refractivity (Wildman–Crippen MR) is 94.3 cm³/mol. The van der Waals surface area contributed by atoms with Crippen molar-refractivity contribution < 1.29 is 4.79 Å². The Hall–Kier alpha value is -2.05. The van der Waals surface area contributed by atoms with Crippen LogP contribution in [0.4, 0.5) is 5.13 Å². The molecule has 0 saturated heterocycles. The maximum atomic E-state index is 12.4. The molecule has 1 amide bonds. The first-order valence-electron chi connectivity index (χ1n) is 7.61. The molecular weight excluding hydrogens is 326 g/mol. The van der Waals surface area contributed by atoms with Gasteiger partial charge >= 0.3 is 0 Å². The van der Waals surface area contributed by atoms with Gasteiger partial charge in [0, 0.05) is 10.4 Å². The van der Waals surface area contributed by atoms with Crippen LogP contribution in [0.25, 0.3) is 10.6 Å². The summed E-state index contributed by atoms with van der Waals surface area (Å²) in [6, 6.07) is 11.9. The van der Waals surface area contributed by atoms with E-state index in [1.807, 2.05) is 36.4 Å². The van der Waals surface area contributed by atoms with Crippen molar-refractivity contribution in [3.63, 3.8) is 0 Å². The van der Waals surface area contributed by atoms with Crippen LogP contribution < -0.4 is 5.32 Å². The molecule has 116 valence electrons. The number of rotatable bonds is 3. The number of nitrogens with one attached hydrogen (secondary N) is 1. The van der Waals surface area contributed by atoms with E-state index >= 15 is 0 Å². The van der Waals surface area contributed by atoms with Crippen molar-refractivity contribution in [1.29, 1.82) is 0 Å². The van der Waals surface area contributed by atoms with Crippen LogP contribution in [-0.4, -0.2) is 16.1 Å². The Morgan fingerprint density at radius 1 is 1.04 bits per heavy atom. The average molecular weight is 341 g/mol. The third kappa shape index (κ3) is 3.04. The smallest absolute Gasteiger partial charge is 0.267 e. The van der Waals surface area contributed by atoms with Gasteiger partial charge in [-0.05, 0) is 37.3 Å². The van der Waals surface area contributed by atoms with Gasteiger partial charge in [-0.15, -0.1) is 21.5 Å². The number of anilines is 1. The van der Waals surface area contributed by atoms with E-state index in [2.05, 4.69) is 15.5 Å². The number of carbonyl (C=O) groups is 1. The summed E-state index contributed by atoms with van der Waals surface area (Å²) in [5.41, 5.74) is 2.35. The van der Waals surface area contributed by atoms with Crippen LogP contribution in [0.1, 0.15) is 33.0 Å². The van der Waals surface area contributed by atoms with E-state index in [9.17, 15) is 4.79 Å². The number of hydrogen-bond acceptors (Lipinski definition) is 5. The summed E-state index contributed by atoms with van der Waals surface area (Å²) < 4.78 is 0. The van der Waals surface area contributed by atoms with Gasteiger partial charge in [0.05, 0.1) is 4.88 Å². The van der Waals surface area contributed by atoms with Gasteiger partial charge in [-0.3, -0.25) is 10.1 Å². The van der Waals surface area contributed by atoms with Gasteiger partial charge in [-0.25, -0.2) is 0 Å². The summed E-state index contributed by atoms with van der Waals surface area (Å²) in [4.78, 5) is 14.6. The van der Waals surface area contributed by atoms with Crippen LogP contribution in [0.5, 0.6) is 0 Å². The number of thiophene rings is 1. The topological polar surface area (TPSA) is 54.9 Å². The van der Waals surface area contributed by atoms with E-state index in [-0.39, 0.29) is 5.91 Å². The van der Waals surface area contributed by atoms with Gasteiger partial charge in [0.25, 0.3) is 5.91 Å². The van der Waals surface area contributed by atoms with Gasteiger partial charge in [-0.2, -0.15) is 0 Å². The lowest BCUT2D eigenvalue weighted by Crippen LogP contribution is -2.09. The van der Waals surface area contributed by atoms with Crippen molar-refractivity contribution in [1.82, 2.24) is 10.2 Å². The van der Waals surface area contributed by atoms with Crippen LogP contribution in [0.3, 0.4) is 0 Å². The molecule has 3 aromatic rings. The number of hydrogen-bond donors (Lipinski definition) is 1. The number of fused-ring (bicyclic) bond motifs is 1. The summed E-state index contributed by atoms with van der Waals surface area (Å²) >= 11 is 3.00. The fourth-order valence-electron chi connectivity index (χ4n) is 2.73. The maximum Gasteiger partial charge on any atom is 0.267 e. The van der Waals surface area contributed by atoms with Crippen molar-refractivity contribution in [3.05, 3.63) is 51.7 Å². The molecule has 0 bridgehead atoms. The zero-order valence-corrected chi connectivity index (χ0v) is 14.0. The normalized spacial score (nSPS) is 13.6. The Balaban J connectivity index is 1.51. The van der Waals surface area contributed by atoms with E-state index in [4.69, 9.17) is 0 Å². The molecule has 1 aliphatic rings. The van der Waals surface area contributed by atoms with E-state index < -0.39 is 0 Å². The SMILES string of the molecule is O=C(Nc1nnc(-c2ccccc2)s1)c1cc2c(s1)CCCC2. The largest absolute Gasteiger partial charge is 0.296 e. The zero-order chi connectivity index (χ0) is 15.6. The molecule has 1 aliphatic carbocycles. The molecule has 0 unspecified atom stereocenters. The lowest BCUT2D eigenvalue weighted by molar-refractivity contribution is 0.103. The molecule has 0 spiro atoms. The molecule has 0 aliphatic heterocycles. The van der Waals surface area contributed by atoms with Crippen molar-refractivity contribution >= 4 is 33.7 Å². The first-order valence-corrected chi connectivity index (χ1v) is 9.25.